The molecule has 21 heavy (non-hydrogen) atoms. The fourth-order valence-electron chi connectivity index (χ4n) is 1.73. The lowest BCUT2D eigenvalue weighted by Crippen LogP contribution is -2.36. The second kappa shape index (κ2) is 8.97. The summed E-state index contributed by atoms with van der Waals surface area (Å²) in [4.78, 5) is 24.7. The third-order valence-corrected chi connectivity index (χ3v) is 2.78. The van der Waals surface area contributed by atoms with Crippen LogP contribution in [-0.2, 0) is 9.53 Å². The van der Waals surface area contributed by atoms with E-state index in [1.807, 2.05) is 18.9 Å². The van der Waals surface area contributed by atoms with Crippen molar-refractivity contribution in [3.8, 4) is 5.75 Å². The van der Waals surface area contributed by atoms with Gasteiger partial charge in [0.05, 0.1) is 19.2 Å². The summed E-state index contributed by atoms with van der Waals surface area (Å²) >= 11 is 0. The van der Waals surface area contributed by atoms with Crippen molar-refractivity contribution >= 4 is 11.9 Å². The first kappa shape index (κ1) is 17.0. The smallest absolute Gasteiger partial charge is 0.337 e. The molecule has 1 aromatic rings. The quantitative estimate of drug-likeness (QED) is 0.722. The molecule has 0 saturated carbocycles. The molecule has 0 radical (unpaired) electrons. The van der Waals surface area contributed by atoms with Crippen LogP contribution in [0.3, 0.4) is 0 Å². The second-order valence-corrected chi connectivity index (χ2v) is 4.56. The van der Waals surface area contributed by atoms with Crippen LogP contribution in [0.25, 0.3) is 0 Å². The Hall–Kier alpha value is -2.08. The van der Waals surface area contributed by atoms with Gasteiger partial charge in [-0.1, -0.05) is 6.07 Å². The van der Waals surface area contributed by atoms with Gasteiger partial charge in [-0.05, 0) is 32.2 Å². The van der Waals surface area contributed by atoms with Gasteiger partial charge in [-0.15, -0.1) is 0 Å². The van der Waals surface area contributed by atoms with Gasteiger partial charge < -0.3 is 14.8 Å². The monoisotopic (exact) mass is 294 g/mol. The van der Waals surface area contributed by atoms with Crippen molar-refractivity contribution in [2.24, 2.45) is 0 Å². The Labute approximate surface area is 125 Å². The van der Waals surface area contributed by atoms with E-state index in [2.05, 4.69) is 10.1 Å². The largest absolute Gasteiger partial charge is 0.492 e. The maximum Gasteiger partial charge on any atom is 0.337 e. The van der Waals surface area contributed by atoms with E-state index in [0.29, 0.717) is 37.6 Å². The average molecular weight is 294 g/mol. The van der Waals surface area contributed by atoms with E-state index in [0.717, 1.165) is 0 Å². The Balaban J connectivity index is 2.38. The Bertz CT molecular complexity index is 476. The number of amides is 1. The summed E-state index contributed by atoms with van der Waals surface area (Å²) in [7, 11) is 3.19. The lowest BCUT2D eigenvalue weighted by Gasteiger charge is -2.16. The first-order chi connectivity index (χ1) is 10.1. The second-order valence-electron chi connectivity index (χ2n) is 4.56. The molecule has 1 aromatic carbocycles. The zero-order valence-corrected chi connectivity index (χ0v) is 12.7. The van der Waals surface area contributed by atoms with Gasteiger partial charge in [-0.25, -0.2) is 4.79 Å². The number of carbonyl (C=O) groups excluding carboxylic acids is 2. The molecule has 0 aliphatic carbocycles. The molecule has 0 aliphatic heterocycles. The van der Waals surface area contributed by atoms with Crippen LogP contribution >= 0.6 is 0 Å². The predicted molar refractivity (Wildman–Crippen MR) is 79.5 cm³/mol. The third kappa shape index (κ3) is 6.27. The Kier molecular flexibility index (Phi) is 7.25. The van der Waals surface area contributed by atoms with E-state index in [9.17, 15) is 9.59 Å². The Morgan fingerprint density at radius 2 is 2.10 bits per heavy atom. The topological polar surface area (TPSA) is 67.9 Å². The first-order valence-electron chi connectivity index (χ1n) is 6.83. The van der Waals surface area contributed by atoms with Gasteiger partial charge >= 0.3 is 5.97 Å². The molecule has 0 bridgehead atoms. The van der Waals surface area contributed by atoms with Crippen LogP contribution in [0.15, 0.2) is 24.3 Å². The maximum absolute atomic E-state index is 11.4. The van der Waals surface area contributed by atoms with Gasteiger partial charge in [0.15, 0.2) is 0 Å². The van der Waals surface area contributed by atoms with E-state index in [-0.39, 0.29) is 5.91 Å². The normalized spacial score (nSPS) is 10.3. The molecule has 0 aromatic heterocycles. The molecule has 0 saturated heterocycles. The molecule has 6 nitrogen and oxygen atoms in total. The highest BCUT2D eigenvalue weighted by Gasteiger charge is 2.07. The fourth-order valence-corrected chi connectivity index (χ4v) is 1.73. The van der Waals surface area contributed by atoms with E-state index >= 15 is 0 Å². The van der Waals surface area contributed by atoms with Gasteiger partial charge in [0.1, 0.15) is 12.4 Å². The van der Waals surface area contributed by atoms with Crippen molar-refractivity contribution in [3.05, 3.63) is 29.8 Å². The number of benzene rings is 1. The highest BCUT2D eigenvalue weighted by molar-refractivity contribution is 5.89. The van der Waals surface area contributed by atoms with Crippen LogP contribution in [0.2, 0.25) is 0 Å². The number of ether oxygens (including phenoxy) is 2. The summed E-state index contributed by atoms with van der Waals surface area (Å²) in [5.41, 5.74) is 0.450. The minimum absolute atomic E-state index is 0.00677. The highest BCUT2D eigenvalue weighted by Crippen LogP contribution is 2.13. The number of likely N-dealkylation sites (N-methyl/N-ethyl adjacent to an activating group) is 2. The highest BCUT2D eigenvalue weighted by atomic mass is 16.5. The minimum atomic E-state index is -0.395. The standard InChI is InChI=1S/C15H22N2O4/c1-4-16-14(18)11-17(2)8-9-21-13-7-5-6-12(10-13)15(19)20-3/h5-7,10H,4,8-9,11H2,1-3H3,(H,16,18). The van der Waals surface area contributed by atoms with E-state index < -0.39 is 5.97 Å². The summed E-state index contributed by atoms with van der Waals surface area (Å²) in [6.07, 6.45) is 0. The molecule has 0 atom stereocenters. The number of carbonyl (C=O) groups is 2. The number of esters is 1. The Morgan fingerprint density at radius 1 is 1.33 bits per heavy atom. The van der Waals surface area contributed by atoms with Crippen LogP contribution in [0.5, 0.6) is 5.75 Å². The molecule has 1 amide bonds. The predicted octanol–water partition coefficient (Wildman–Crippen LogP) is 0.920. The summed E-state index contributed by atoms with van der Waals surface area (Å²) in [5, 5.41) is 2.74. The zero-order chi connectivity index (χ0) is 15.7. The number of hydrogen-bond acceptors (Lipinski definition) is 5. The van der Waals surface area contributed by atoms with Crippen LogP contribution in [0.4, 0.5) is 0 Å². The molecule has 0 spiro atoms. The molecule has 0 heterocycles. The van der Waals surface area contributed by atoms with Crippen molar-refractivity contribution in [1.29, 1.82) is 0 Å². The summed E-state index contributed by atoms with van der Waals surface area (Å²) in [6.45, 7) is 3.89. The third-order valence-electron chi connectivity index (χ3n) is 2.78. The van der Waals surface area contributed by atoms with Gasteiger partial charge in [0.25, 0.3) is 0 Å². The summed E-state index contributed by atoms with van der Waals surface area (Å²) in [5.74, 6) is 0.200. The van der Waals surface area contributed by atoms with Crippen LogP contribution in [-0.4, -0.2) is 57.2 Å². The van der Waals surface area contributed by atoms with Crippen molar-refractivity contribution in [1.82, 2.24) is 10.2 Å². The molecule has 0 unspecified atom stereocenters. The number of methoxy groups -OCH3 is 1. The van der Waals surface area contributed by atoms with E-state index in [4.69, 9.17) is 4.74 Å². The molecule has 0 aliphatic rings. The lowest BCUT2D eigenvalue weighted by atomic mass is 10.2. The van der Waals surface area contributed by atoms with Gasteiger partial charge in [-0.3, -0.25) is 9.69 Å². The summed E-state index contributed by atoms with van der Waals surface area (Å²) in [6, 6.07) is 6.81. The zero-order valence-electron chi connectivity index (χ0n) is 12.7. The molecule has 6 heteroatoms. The fraction of sp³-hybridized carbons (Fsp3) is 0.467. The SMILES string of the molecule is CCNC(=O)CN(C)CCOc1cccc(C(=O)OC)c1. The molecule has 1 N–H and O–H groups in total. The van der Waals surface area contributed by atoms with Crippen molar-refractivity contribution in [2.75, 3.05) is 40.4 Å². The average Bonchev–Trinajstić information content (AvgIpc) is 2.47. The van der Waals surface area contributed by atoms with Gasteiger partial charge in [0.2, 0.25) is 5.91 Å². The van der Waals surface area contributed by atoms with Crippen LogP contribution < -0.4 is 10.1 Å². The molecular formula is C15H22N2O4. The van der Waals surface area contributed by atoms with Crippen molar-refractivity contribution < 1.29 is 19.1 Å². The lowest BCUT2D eigenvalue weighted by molar-refractivity contribution is -0.121. The molecule has 0 fully saturated rings. The van der Waals surface area contributed by atoms with Gasteiger partial charge in [0, 0.05) is 13.1 Å². The van der Waals surface area contributed by atoms with E-state index in [1.165, 1.54) is 7.11 Å². The number of hydrogen-bond donors (Lipinski definition) is 1. The molecule has 116 valence electrons. The van der Waals surface area contributed by atoms with Crippen molar-refractivity contribution in [2.45, 2.75) is 6.92 Å². The van der Waals surface area contributed by atoms with Gasteiger partial charge in [-0.2, -0.15) is 0 Å². The number of rotatable bonds is 8. The van der Waals surface area contributed by atoms with Crippen LogP contribution in [0.1, 0.15) is 17.3 Å². The van der Waals surface area contributed by atoms with E-state index in [1.54, 1.807) is 24.3 Å². The molecular weight excluding hydrogens is 272 g/mol. The van der Waals surface area contributed by atoms with Crippen LogP contribution in [0, 0.1) is 0 Å². The first-order valence-corrected chi connectivity index (χ1v) is 6.83. The number of nitrogens with one attached hydrogen (secondary N) is 1. The maximum atomic E-state index is 11.4. The minimum Gasteiger partial charge on any atom is -0.492 e. The Morgan fingerprint density at radius 3 is 2.76 bits per heavy atom. The summed E-state index contributed by atoms with van der Waals surface area (Å²) < 4.78 is 10.2. The number of nitrogens with zero attached hydrogens (tertiary/aromatic N) is 1. The molecule has 1 rings (SSSR count). The van der Waals surface area contributed by atoms with Crippen molar-refractivity contribution in [3.63, 3.8) is 0 Å².